The van der Waals surface area contributed by atoms with E-state index in [2.05, 4.69) is 54.0 Å². The lowest BCUT2D eigenvalue weighted by Gasteiger charge is -2.28. The number of hydrogen-bond donors (Lipinski definition) is 2. The predicted octanol–water partition coefficient (Wildman–Crippen LogP) is 4.50. The number of rotatable bonds is 5. The number of halogens is 1. The van der Waals surface area contributed by atoms with Crippen molar-refractivity contribution in [3.63, 3.8) is 0 Å². The topological polar surface area (TPSA) is 61.8 Å². The van der Waals surface area contributed by atoms with Gasteiger partial charge >= 0.3 is 0 Å². The molecule has 0 saturated heterocycles. The Labute approximate surface area is 201 Å². The van der Waals surface area contributed by atoms with E-state index in [9.17, 15) is 0 Å². The zero-order chi connectivity index (χ0) is 20.9. The first-order chi connectivity index (χ1) is 14.7. The van der Waals surface area contributed by atoms with E-state index in [4.69, 9.17) is 14.7 Å². The monoisotopic (exact) mass is 531 g/mol. The summed E-state index contributed by atoms with van der Waals surface area (Å²) in [6.45, 7) is 4.16. The van der Waals surface area contributed by atoms with Gasteiger partial charge in [0.1, 0.15) is 11.6 Å². The average Bonchev–Trinajstić information content (AvgIpc) is 2.77. The molecule has 2 N–H and O–H groups in total. The third-order valence-corrected chi connectivity index (χ3v) is 5.27. The van der Waals surface area contributed by atoms with Crippen LogP contribution in [0.25, 0.3) is 10.9 Å². The number of fused-ring (bicyclic) bond motifs is 2. The first-order valence-electron chi connectivity index (χ1n) is 10.5. The third kappa shape index (κ3) is 5.39. The van der Waals surface area contributed by atoms with Crippen LogP contribution < -0.4 is 20.3 Å². The molecule has 1 aromatic heterocycles. The number of aliphatic imine (C=N–C) groups is 1. The molecule has 7 heteroatoms. The summed E-state index contributed by atoms with van der Waals surface area (Å²) in [4.78, 5) is 11.7. The highest BCUT2D eigenvalue weighted by molar-refractivity contribution is 14.0. The molecular formula is C24H30IN5O. The molecule has 0 bridgehead atoms. The van der Waals surface area contributed by atoms with Crippen molar-refractivity contribution in [2.24, 2.45) is 4.99 Å². The number of pyridine rings is 1. The van der Waals surface area contributed by atoms with Crippen molar-refractivity contribution >= 4 is 46.7 Å². The molecule has 0 aliphatic carbocycles. The van der Waals surface area contributed by atoms with Crippen molar-refractivity contribution in [1.82, 2.24) is 15.6 Å². The van der Waals surface area contributed by atoms with Crippen molar-refractivity contribution in [2.45, 2.75) is 25.9 Å². The molecule has 0 amide bonds. The van der Waals surface area contributed by atoms with E-state index >= 15 is 0 Å². The summed E-state index contributed by atoms with van der Waals surface area (Å²) in [5, 5.41) is 8.13. The van der Waals surface area contributed by atoms with Crippen LogP contribution in [0.2, 0.25) is 0 Å². The van der Waals surface area contributed by atoms with Gasteiger partial charge in [-0.15, -0.1) is 24.0 Å². The van der Waals surface area contributed by atoms with Crippen molar-refractivity contribution in [3.05, 3.63) is 65.7 Å². The van der Waals surface area contributed by atoms with E-state index in [0.29, 0.717) is 13.2 Å². The van der Waals surface area contributed by atoms with Crippen LogP contribution in [-0.2, 0) is 6.54 Å². The van der Waals surface area contributed by atoms with Crippen LogP contribution in [-0.4, -0.2) is 38.2 Å². The van der Waals surface area contributed by atoms with Gasteiger partial charge in [0.25, 0.3) is 0 Å². The summed E-state index contributed by atoms with van der Waals surface area (Å²) in [5.41, 5.74) is 3.33. The highest BCUT2D eigenvalue weighted by atomic mass is 127. The van der Waals surface area contributed by atoms with Gasteiger partial charge in [-0.3, -0.25) is 0 Å². The molecule has 1 atom stereocenters. The molecule has 164 valence electrons. The van der Waals surface area contributed by atoms with Crippen LogP contribution in [0.15, 0.2) is 59.6 Å². The van der Waals surface area contributed by atoms with Crippen molar-refractivity contribution in [2.75, 3.05) is 32.1 Å². The number of nitrogens with zero attached hydrogens (tertiary/aromatic N) is 3. The number of para-hydroxylation sites is 2. The number of nitrogens with one attached hydrogen (secondary N) is 2. The summed E-state index contributed by atoms with van der Waals surface area (Å²) in [5.74, 6) is 2.70. The predicted molar refractivity (Wildman–Crippen MR) is 139 cm³/mol. The normalized spacial score (nSPS) is 15.5. The molecule has 6 nitrogen and oxygen atoms in total. The highest BCUT2D eigenvalue weighted by Crippen LogP contribution is 2.31. The van der Waals surface area contributed by atoms with Gasteiger partial charge in [-0.05, 0) is 30.7 Å². The Bertz CT molecular complexity index is 1050. The molecule has 0 radical (unpaired) electrons. The first-order valence-corrected chi connectivity index (χ1v) is 10.5. The Morgan fingerprint density at radius 2 is 1.94 bits per heavy atom. The van der Waals surface area contributed by atoms with Crippen molar-refractivity contribution in [1.29, 1.82) is 0 Å². The van der Waals surface area contributed by atoms with Gasteiger partial charge < -0.3 is 20.3 Å². The fourth-order valence-corrected chi connectivity index (χ4v) is 3.73. The molecule has 0 saturated carbocycles. The van der Waals surface area contributed by atoms with Crippen LogP contribution in [0.5, 0.6) is 5.75 Å². The molecule has 0 fully saturated rings. The van der Waals surface area contributed by atoms with Gasteiger partial charge in [-0.25, -0.2) is 9.98 Å². The quantitative estimate of drug-likeness (QED) is 0.289. The molecule has 1 aliphatic rings. The zero-order valence-electron chi connectivity index (χ0n) is 18.3. The summed E-state index contributed by atoms with van der Waals surface area (Å²) in [6, 6.07) is 18.8. The van der Waals surface area contributed by atoms with E-state index in [1.807, 2.05) is 37.2 Å². The molecule has 0 spiro atoms. The summed E-state index contributed by atoms with van der Waals surface area (Å²) < 4.78 is 5.80. The number of benzene rings is 2. The van der Waals surface area contributed by atoms with Gasteiger partial charge in [0.15, 0.2) is 5.96 Å². The second-order valence-corrected chi connectivity index (χ2v) is 7.62. The van der Waals surface area contributed by atoms with Crippen molar-refractivity contribution in [3.8, 4) is 5.75 Å². The molecular weight excluding hydrogens is 501 g/mol. The maximum atomic E-state index is 5.80. The minimum Gasteiger partial charge on any atom is -0.493 e. The fourth-order valence-electron chi connectivity index (χ4n) is 3.73. The van der Waals surface area contributed by atoms with Crippen LogP contribution >= 0.6 is 24.0 Å². The SMILES string of the molecule is CCNC(=NCc1cc(N(C)C)nc2ccccc12)NC1CCOc2ccccc21.I. The summed E-state index contributed by atoms with van der Waals surface area (Å²) in [7, 11) is 4.02. The molecule has 31 heavy (non-hydrogen) atoms. The van der Waals surface area contributed by atoms with Crippen molar-refractivity contribution < 1.29 is 4.74 Å². The highest BCUT2D eigenvalue weighted by Gasteiger charge is 2.21. The minimum absolute atomic E-state index is 0. The van der Waals surface area contributed by atoms with Gasteiger partial charge in [-0.2, -0.15) is 0 Å². The first kappa shape index (κ1) is 23.1. The van der Waals surface area contributed by atoms with E-state index < -0.39 is 0 Å². The van der Waals surface area contributed by atoms with Gasteiger partial charge in [0.2, 0.25) is 0 Å². The fraction of sp³-hybridized carbons (Fsp3) is 0.333. The van der Waals surface area contributed by atoms with E-state index in [0.717, 1.165) is 47.0 Å². The molecule has 4 rings (SSSR count). The zero-order valence-corrected chi connectivity index (χ0v) is 20.6. The lowest BCUT2D eigenvalue weighted by atomic mass is 10.0. The van der Waals surface area contributed by atoms with Crippen LogP contribution in [0, 0.1) is 0 Å². The largest absolute Gasteiger partial charge is 0.493 e. The van der Waals surface area contributed by atoms with E-state index in [1.54, 1.807) is 0 Å². The Kier molecular flexibility index (Phi) is 7.95. The summed E-state index contributed by atoms with van der Waals surface area (Å²) in [6.07, 6.45) is 0.907. The molecule has 2 aromatic carbocycles. The third-order valence-electron chi connectivity index (χ3n) is 5.27. The maximum Gasteiger partial charge on any atom is 0.192 e. The summed E-state index contributed by atoms with van der Waals surface area (Å²) >= 11 is 0. The lowest BCUT2D eigenvalue weighted by molar-refractivity contribution is 0.261. The van der Waals surface area contributed by atoms with Crippen LogP contribution in [0.3, 0.4) is 0 Å². The Morgan fingerprint density at radius 1 is 1.16 bits per heavy atom. The van der Waals surface area contributed by atoms with Crippen LogP contribution in [0.1, 0.15) is 30.5 Å². The standard InChI is InChI=1S/C24H29N5O.HI/c1-4-25-24(28-21-13-14-30-22-12-8-6-10-19(21)22)26-16-17-15-23(29(2)3)27-20-11-7-5-9-18(17)20;/h5-12,15,21H,4,13-14,16H2,1-3H3,(H2,25,26,28);1H. The van der Waals surface area contributed by atoms with E-state index in [-0.39, 0.29) is 30.0 Å². The maximum absolute atomic E-state index is 5.80. The van der Waals surface area contributed by atoms with Gasteiger partial charge in [0, 0.05) is 38.0 Å². The number of aromatic nitrogens is 1. The minimum atomic E-state index is 0. The van der Waals surface area contributed by atoms with Gasteiger partial charge in [-0.1, -0.05) is 36.4 Å². The van der Waals surface area contributed by atoms with Gasteiger partial charge in [0.05, 0.1) is 24.7 Å². The molecule has 3 aromatic rings. The Morgan fingerprint density at radius 3 is 2.74 bits per heavy atom. The number of anilines is 1. The second kappa shape index (κ2) is 10.7. The molecule has 2 heterocycles. The lowest BCUT2D eigenvalue weighted by Crippen LogP contribution is -2.41. The van der Waals surface area contributed by atoms with Crippen LogP contribution in [0.4, 0.5) is 5.82 Å². The number of guanidine groups is 1. The smallest absolute Gasteiger partial charge is 0.192 e. The molecule has 1 aliphatic heterocycles. The molecule has 1 unspecified atom stereocenters. The Hall–Kier alpha value is -2.55. The second-order valence-electron chi connectivity index (χ2n) is 7.62. The number of ether oxygens (including phenoxy) is 1. The Balaban J connectivity index is 0.00000272. The van der Waals surface area contributed by atoms with E-state index in [1.165, 1.54) is 5.56 Å². The average molecular weight is 531 g/mol. The number of hydrogen-bond acceptors (Lipinski definition) is 4.